The first-order chi connectivity index (χ1) is 16.3. The van der Waals surface area contributed by atoms with Crippen molar-refractivity contribution in [2.45, 2.75) is 45.8 Å². The van der Waals surface area contributed by atoms with E-state index < -0.39 is 5.97 Å². The van der Waals surface area contributed by atoms with Crippen molar-refractivity contribution in [1.29, 1.82) is 0 Å². The molecule has 0 fully saturated rings. The van der Waals surface area contributed by atoms with Crippen LogP contribution in [0.4, 0.5) is 0 Å². The molecule has 3 N–H and O–H groups in total. The molecule has 0 bridgehead atoms. The number of aromatic hydroxyl groups is 2. The lowest BCUT2D eigenvalue weighted by Crippen LogP contribution is -2.31. The van der Waals surface area contributed by atoms with Crippen LogP contribution in [0.3, 0.4) is 0 Å². The molecule has 182 valence electrons. The van der Waals surface area contributed by atoms with Gasteiger partial charge >= 0.3 is 5.97 Å². The van der Waals surface area contributed by atoms with Gasteiger partial charge in [-0.25, -0.2) is 0 Å². The summed E-state index contributed by atoms with van der Waals surface area (Å²) in [5.41, 5.74) is 2.94. The molecule has 7 nitrogen and oxygen atoms in total. The molecule has 0 saturated carbocycles. The Morgan fingerprint density at radius 3 is 2.35 bits per heavy atom. The molecule has 0 aliphatic rings. The Bertz CT molecular complexity index is 1080. The summed E-state index contributed by atoms with van der Waals surface area (Å²) in [7, 11) is 0. The topological polar surface area (TPSA) is 95.2 Å². The lowest BCUT2D eigenvalue weighted by molar-refractivity contribution is -0.138. The second-order valence-corrected chi connectivity index (χ2v) is 8.72. The fraction of sp³-hybridized carbons (Fsp3) is 0.346. The van der Waals surface area contributed by atoms with Gasteiger partial charge in [-0.2, -0.15) is 0 Å². The van der Waals surface area contributed by atoms with Crippen LogP contribution < -0.4 is 4.74 Å². The average molecular weight is 487 g/mol. The molecule has 0 radical (unpaired) electrons. The van der Waals surface area contributed by atoms with Crippen LogP contribution in [0.1, 0.15) is 42.5 Å². The van der Waals surface area contributed by atoms with Gasteiger partial charge in [-0.05, 0) is 54.8 Å². The molecule has 3 aromatic rings. The van der Waals surface area contributed by atoms with E-state index in [1.165, 1.54) is 16.7 Å². The smallest absolute Gasteiger partial charge is 0.305 e. The maximum atomic E-state index is 11.6. The second kappa shape index (κ2) is 11.8. The Balaban J connectivity index is 1.72. The normalized spacial score (nSPS) is 12.1. The molecule has 1 unspecified atom stereocenters. The Morgan fingerprint density at radius 1 is 1.09 bits per heavy atom. The maximum absolute atomic E-state index is 11.6. The van der Waals surface area contributed by atoms with Crippen molar-refractivity contribution < 1.29 is 24.9 Å². The number of benzene rings is 2. The molecule has 0 aliphatic heterocycles. The molecule has 3 rings (SSSR count). The minimum Gasteiger partial charge on any atom is -0.494 e. The molecular formula is C26H31ClN2O5. The number of ether oxygens (including phenoxy) is 1. The van der Waals surface area contributed by atoms with Gasteiger partial charge in [-0.3, -0.25) is 14.3 Å². The van der Waals surface area contributed by atoms with Crippen molar-refractivity contribution in [3.63, 3.8) is 0 Å². The summed E-state index contributed by atoms with van der Waals surface area (Å²) in [6.45, 7) is 5.99. The van der Waals surface area contributed by atoms with Gasteiger partial charge in [0.1, 0.15) is 12.4 Å². The highest BCUT2D eigenvalue weighted by atomic mass is 35.5. The van der Waals surface area contributed by atoms with Gasteiger partial charge in [0.25, 0.3) is 0 Å². The first kappa shape index (κ1) is 25.5. The van der Waals surface area contributed by atoms with Crippen molar-refractivity contribution in [3.05, 3.63) is 76.3 Å². The molecular weight excluding hydrogens is 456 g/mol. The maximum Gasteiger partial charge on any atom is 0.305 e. The van der Waals surface area contributed by atoms with Gasteiger partial charge in [0.15, 0.2) is 11.8 Å². The van der Waals surface area contributed by atoms with E-state index in [-0.39, 0.29) is 30.8 Å². The Morgan fingerprint density at radius 2 is 1.76 bits per heavy atom. The van der Waals surface area contributed by atoms with Gasteiger partial charge < -0.3 is 20.1 Å². The molecule has 8 heteroatoms. The molecule has 0 saturated heterocycles. The fourth-order valence-corrected chi connectivity index (χ4v) is 4.20. The zero-order valence-electron chi connectivity index (χ0n) is 19.4. The molecule has 1 heterocycles. The summed E-state index contributed by atoms with van der Waals surface area (Å²) in [5.74, 6) is -0.154. The van der Waals surface area contributed by atoms with E-state index in [0.29, 0.717) is 18.1 Å². The number of aliphatic carboxylic acids is 1. The summed E-state index contributed by atoms with van der Waals surface area (Å²) < 4.78 is 7.23. The van der Waals surface area contributed by atoms with E-state index in [4.69, 9.17) is 16.3 Å². The SMILES string of the molecule is CCCN(Cc1ccc(OCCn2c(O)ccc2O)c(C)c1)C(CC(=O)O)c1ccc(Cl)cc1. The van der Waals surface area contributed by atoms with Gasteiger partial charge in [0.05, 0.1) is 13.0 Å². The van der Waals surface area contributed by atoms with Crippen LogP contribution in [0, 0.1) is 6.92 Å². The quantitative estimate of drug-likeness (QED) is 0.318. The van der Waals surface area contributed by atoms with E-state index in [2.05, 4.69) is 11.8 Å². The Kier molecular flexibility index (Phi) is 8.85. The van der Waals surface area contributed by atoms with Crippen LogP contribution in [-0.2, 0) is 17.9 Å². The summed E-state index contributed by atoms with van der Waals surface area (Å²) in [6, 6.07) is 15.9. The van der Waals surface area contributed by atoms with Crippen molar-refractivity contribution in [3.8, 4) is 17.5 Å². The Hall–Kier alpha value is -3.16. The number of aromatic nitrogens is 1. The highest BCUT2D eigenvalue weighted by Gasteiger charge is 2.23. The number of carbonyl (C=O) groups is 1. The molecule has 0 spiro atoms. The largest absolute Gasteiger partial charge is 0.494 e. The molecule has 34 heavy (non-hydrogen) atoms. The van der Waals surface area contributed by atoms with Crippen LogP contribution in [0.15, 0.2) is 54.6 Å². The first-order valence-electron chi connectivity index (χ1n) is 11.3. The number of halogens is 1. The zero-order valence-corrected chi connectivity index (χ0v) is 20.2. The number of hydrogen-bond acceptors (Lipinski definition) is 5. The summed E-state index contributed by atoms with van der Waals surface area (Å²) in [4.78, 5) is 13.8. The number of carboxylic acid groups (broad SMARTS) is 1. The van der Waals surface area contributed by atoms with E-state index >= 15 is 0 Å². The third-order valence-corrected chi connectivity index (χ3v) is 5.96. The fourth-order valence-electron chi connectivity index (χ4n) is 4.07. The lowest BCUT2D eigenvalue weighted by Gasteiger charge is -2.31. The highest BCUT2D eigenvalue weighted by molar-refractivity contribution is 6.30. The third-order valence-electron chi connectivity index (χ3n) is 5.71. The van der Waals surface area contributed by atoms with Gasteiger partial charge in [-0.15, -0.1) is 0 Å². The van der Waals surface area contributed by atoms with Crippen LogP contribution in [0.25, 0.3) is 0 Å². The van der Waals surface area contributed by atoms with E-state index in [1.54, 1.807) is 12.1 Å². The second-order valence-electron chi connectivity index (χ2n) is 8.29. The molecule has 0 aliphatic carbocycles. The minimum atomic E-state index is -0.847. The van der Waals surface area contributed by atoms with E-state index in [0.717, 1.165) is 35.4 Å². The van der Waals surface area contributed by atoms with Crippen LogP contribution >= 0.6 is 11.6 Å². The predicted octanol–water partition coefficient (Wildman–Crippen LogP) is 5.37. The number of hydrogen-bond donors (Lipinski definition) is 3. The lowest BCUT2D eigenvalue weighted by atomic mass is 10.0. The van der Waals surface area contributed by atoms with Crippen molar-refractivity contribution in [2.24, 2.45) is 0 Å². The average Bonchev–Trinajstić information content (AvgIpc) is 3.11. The van der Waals surface area contributed by atoms with Gasteiger partial charge in [0.2, 0.25) is 0 Å². The van der Waals surface area contributed by atoms with Gasteiger partial charge in [0, 0.05) is 29.7 Å². The zero-order chi connectivity index (χ0) is 24.7. The number of nitrogens with zero attached hydrogens (tertiary/aromatic N) is 2. The third kappa shape index (κ3) is 6.68. The number of aryl methyl sites for hydroxylation is 1. The number of carboxylic acids is 1. The number of rotatable bonds is 12. The van der Waals surface area contributed by atoms with E-state index in [1.807, 2.05) is 37.3 Å². The molecule has 0 amide bonds. The monoisotopic (exact) mass is 486 g/mol. The van der Waals surface area contributed by atoms with Crippen molar-refractivity contribution in [1.82, 2.24) is 9.47 Å². The highest BCUT2D eigenvalue weighted by Crippen LogP contribution is 2.29. The predicted molar refractivity (Wildman–Crippen MR) is 132 cm³/mol. The molecule has 1 atom stereocenters. The summed E-state index contributed by atoms with van der Waals surface area (Å²) in [5, 5.41) is 29.6. The van der Waals surface area contributed by atoms with Crippen LogP contribution in [0.2, 0.25) is 5.02 Å². The van der Waals surface area contributed by atoms with E-state index in [9.17, 15) is 20.1 Å². The standard InChI is InChI=1S/C26H31ClN2O5/c1-3-12-28(22(16-26(32)33)20-5-7-21(27)8-6-20)17-19-4-9-23(18(2)15-19)34-14-13-29-24(30)10-11-25(29)31/h4-11,15,22,30-31H,3,12-14,16-17H2,1-2H3,(H,32,33). The minimum absolute atomic E-state index is 0.000885. The molecule has 2 aromatic carbocycles. The molecule has 1 aromatic heterocycles. The summed E-state index contributed by atoms with van der Waals surface area (Å²) >= 11 is 6.04. The van der Waals surface area contributed by atoms with Crippen LogP contribution in [-0.4, -0.2) is 43.9 Å². The van der Waals surface area contributed by atoms with Crippen LogP contribution in [0.5, 0.6) is 17.5 Å². The van der Waals surface area contributed by atoms with Crippen molar-refractivity contribution in [2.75, 3.05) is 13.2 Å². The Labute approximate surface area is 204 Å². The van der Waals surface area contributed by atoms with Gasteiger partial charge in [-0.1, -0.05) is 42.8 Å². The van der Waals surface area contributed by atoms with Crippen molar-refractivity contribution >= 4 is 17.6 Å². The summed E-state index contributed by atoms with van der Waals surface area (Å²) in [6.07, 6.45) is 0.893. The first-order valence-corrected chi connectivity index (χ1v) is 11.7.